The molecule has 1 rings (SSSR count). The molecule has 152 valence electrons. The lowest BCUT2D eigenvalue weighted by molar-refractivity contribution is 0.129. The Morgan fingerprint density at radius 1 is 1.07 bits per heavy atom. The number of unbranched alkanes of at least 4 members (excludes halogenated alkanes) is 2. The number of ether oxygens (including phenoxy) is 1. The number of phenols is 1. The van der Waals surface area contributed by atoms with E-state index in [1.54, 1.807) is 0 Å². The third-order valence-corrected chi connectivity index (χ3v) is 4.48. The molecule has 1 N–H and O–H groups in total. The minimum Gasteiger partial charge on any atom is -0.508 e. The summed E-state index contributed by atoms with van der Waals surface area (Å²) in [6, 6.07) is 4.05. The summed E-state index contributed by atoms with van der Waals surface area (Å²) in [4.78, 5) is 0. The molecule has 0 amide bonds. The molecule has 1 aromatic rings. The first-order valence-electron chi connectivity index (χ1n) is 10.4. The highest BCUT2D eigenvalue weighted by Crippen LogP contribution is 2.34. The molecule has 0 bridgehead atoms. The first kappa shape index (κ1) is 23.3. The molecule has 0 aromatic heterocycles. The first-order chi connectivity index (χ1) is 12.6. The highest BCUT2D eigenvalue weighted by molar-refractivity contribution is 5.49. The molecular formula is C25H40O2. The van der Waals surface area contributed by atoms with Crippen molar-refractivity contribution in [1.29, 1.82) is 0 Å². The van der Waals surface area contributed by atoms with Gasteiger partial charge in [0.05, 0.1) is 0 Å². The average molecular weight is 373 g/mol. The molecule has 0 unspecified atom stereocenters. The molecule has 2 nitrogen and oxygen atoms in total. The van der Waals surface area contributed by atoms with Crippen LogP contribution in [0.4, 0.5) is 0 Å². The van der Waals surface area contributed by atoms with Gasteiger partial charge in [-0.05, 0) is 91.3 Å². The summed E-state index contributed by atoms with van der Waals surface area (Å²) in [5, 5.41) is 10.7. The van der Waals surface area contributed by atoms with Crippen molar-refractivity contribution in [2.75, 3.05) is 0 Å². The smallest absolute Gasteiger partial charge is 0.127 e. The molecule has 0 atom stereocenters. The van der Waals surface area contributed by atoms with Crippen LogP contribution in [0.3, 0.4) is 0 Å². The quantitative estimate of drug-likeness (QED) is 0.339. The van der Waals surface area contributed by atoms with Crippen molar-refractivity contribution in [3.8, 4) is 11.5 Å². The summed E-state index contributed by atoms with van der Waals surface area (Å²) in [6.45, 7) is 14.8. The van der Waals surface area contributed by atoms with Gasteiger partial charge in [-0.15, -0.1) is 0 Å². The first-order valence-corrected chi connectivity index (χ1v) is 10.4. The topological polar surface area (TPSA) is 29.5 Å². The van der Waals surface area contributed by atoms with E-state index in [1.807, 2.05) is 6.07 Å². The van der Waals surface area contributed by atoms with Gasteiger partial charge in [-0.3, -0.25) is 0 Å². The van der Waals surface area contributed by atoms with Crippen molar-refractivity contribution in [1.82, 2.24) is 0 Å². The SMILES string of the molecule is CCCCCc1cc(O)c(C/C=C(\C)CCC=C(C)C)c(OC(C)(C)C)c1. The molecular weight excluding hydrogens is 332 g/mol. The number of benzene rings is 1. The Morgan fingerprint density at radius 3 is 2.37 bits per heavy atom. The van der Waals surface area contributed by atoms with Crippen LogP contribution in [-0.4, -0.2) is 10.7 Å². The Morgan fingerprint density at radius 2 is 1.78 bits per heavy atom. The molecule has 0 spiro atoms. The number of phenolic OH excluding ortho intramolecular Hbond substituents is 1. The molecule has 0 aliphatic carbocycles. The molecule has 0 fully saturated rings. The van der Waals surface area contributed by atoms with Crippen LogP contribution in [0.25, 0.3) is 0 Å². The Balaban J connectivity index is 3.00. The van der Waals surface area contributed by atoms with Crippen molar-refractivity contribution in [3.05, 3.63) is 46.6 Å². The van der Waals surface area contributed by atoms with E-state index in [9.17, 15) is 5.11 Å². The third-order valence-electron chi connectivity index (χ3n) is 4.48. The van der Waals surface area contributed by atoms with E-state index in [4.69, 9.17) is 4.74 Å². The van der Waals surface area contributed by atoms with Crippen LogP contribution in [0.1, 0.15) is 91.7 Å². The van der Waals surface area contributed by atoms with E-state index in [1.165, 1.54) is 24.0 Å². The van der Waals surface area contributed by atoms with Gasteiger partial charge in [0.25, 0.3) is 0 Å². The monoisotopic (exact) mass is 372 g/mol. The maximum atomic E-state index is 10.7. The van der Waals surface area contributed by atoms with Gasteiger partial charge in [-0.25, -0.2) is 0 Å². The van der Waals surface area contributed by atoms with Crippen LogP contribution in [0.5, 0.6) is 11.5 Å². The number of allylic oxidation sites excluding steroid dienone is 4. The fraction of sp³-hybridized carbons (Fsp3) is 0.600. The van der Waals surface area contributed by atoms with E-state index in [-0.39, 0.29) is 5.60 Å². The van der Waals surface area contributed by atoms with E-state index < -0.39 is 0 Å². The van der Waals surface area contributed by atoms with Gasteiger partial charge in [0.1, 0.15) is 17.1 Å². The average Bonchev–Trinajstić information content (AvgIpc) is 2.52. The Bertz CT molecular complexity index is 641. The number of hydrogen-bond donors (Lipinski definition) is 1. The predicted octanol–water partition coefficient (Wildman–Crippen LogP) is 7.54. The van der Waals surface area contributed by atoms with Gasteiger partial charge in [0.15, 0.2) is 0 Å². The lowest BCUT2D eigenvalue weighted by Crippen LogP contribution is -2.23. The largest absolute Gasteiger partial charge is 0.508 e. The van der Waals surface area contributed by atoms with E-state index in [0.717, 1.165) is 42.6 Å². The van der Waals surface area contributed by atoms with Crippen molar-refractivity contribution in [3.63, 3.8) is 0 Å². The molecule has 1 aromatic carbocycles. The zero-order valence-electron chi connectivity index (χ0n) is 18.6. The van der Waals surface area contributed by atoms with Gasteiger partial charge in [0.2, 0.25) is 0 Å². The van der Waals surface area contributed by atoms with Crippen molar-refractivity contribution < 1.29 is 9.84 Å². The van der Waals surface area contributed by atoms with Gasteiger partial charge in [0, 0.05) is 5.56 Å². The van der Waals surface area contributed by atoms with Crippen LogP contribution < -0.4 is 4.74 Å². The fourth-order valence-corrected chi connectivity index (χ4v) is 3.00. The van der Waals surface area contributed by atoms with Crippen molar-refractivity contribution in [2.24, 2.45) is 0 Å². The normalized spacial score (nSPS) is 12.2. The minimum atomic E-state index is -0.286. The Hall–Kier alpha value is -1.70. The summed E-state index contributed by atoms with van der Waals surface area (Å²) in [6.07, 6.45) is 11.9. The standard InChI is InChI=1S/C25H40O2/c1-8-9-10-14-21-17-23(26)22(24(18-21)27-25(5,6)7)16-15-20(4)13-11-12-19(2)3/h12,15,17-18,26H,8-11,13-14,16H2,1-7H3/b20-15+. The number of hydrogen-bond acceptors (Lipinski definition) is 2. The zero-order valence-corrected chi connectivity index (χ0v) is 18.6. The summed E-state index contributed by atoms with van der Waals surface area (Å²) < 4.78 is 6.21. The van der Waals surface area contributed by atoms with E-state index >= 15 is 0 Å². The van der Waals surface area contributed by atoms with Gasteiger partial charge in [-0.2, -0.15) is 0 Å². The van der Waals surface area contributed by atoms with Gasteiger partial charge >= 0.3 is 0 Å². The highest BCUT2D eigenvalue weighted by Gasteiger charge is 2.18. The molecule has 0 aliphatic heterocycles. The predicted molar refractivity (Wildman–Crippen MR) is 118 cm³/mol. The zero-order chi connectivity index (χ0) is 20.4. The van der Waals surface area contributed by atoms with Crippen LogP contribution in [0.2, 0.25) is 0 Å². The van der Waals surface area contributed by atoms with Gasteiger partial charge in [-0.1, -0.05) is 43.1 Å². The van der Waals surface area contributed by atoms with E-state index in [2.05, 4.69) is 66.7 Å². The summed E-state index contributed by atoms with van der Waals surface area (Å²) in [5.74, 6) is 1.18. The number of aryl methyl sites for hydroxylation is 1. The maximum Gasteiger partial charge on any atom is 0.127 e. The minimum absolute atomic E-state index is 0.286. The molecule has 0 aliphatic rings. The molecule has 2 heteroatoms. The van der Waals surface area contributed by atoms with Crippen LogP contribution in [0.15, 0.2) is 35.4 Å². The second-order valence-corrected chi connectivity index (χ2v) is 8.84. The molecule has 0 saturated carbocycles. The van der Waals surface area contributed by atoms with E-state index in [0.29, 0.717) is 12.2 Å². The maximum absolute atomic E-state index is 10.7. The fourth-order valence-electron chi connectivity index (χ4n) is 3.00. The summed E-state index contributed by atoms with van der Waals surface area (Å²) in [5.41, 5.74) is 4.48. The van der Waals surface area contributed by atoms with Gasteiger partial charge < -0.3 is 9.84 Å². The Kier molecular flexibility index (Phi) is 9.69. The lowest BCUT2D eigenvalue weighted by Gasteiger charge is -2.24. The van der Waals surface area contributed by atoms with Crippen LogP contribution in [-0.2, 0) is 12.8 Å². The second kappa shape index (κ2) is 11.2. The van der Waals surface area contributed by atoms with Crippen molar-refractivity contribution in [2.45, 2.75) is 99.0 Å². The summed E-state index contributed by atoms with van der Waals surface area (Å²) in [7, 11) is 0. The number of rotatable bonds is 10. The highest BCUT2D eigenvalue weighted by atomic mass is 16.5. The van der Waals surface area contributed by atoms with Crippen LogP contribution >= 0.6 is 0 Å². The molecule has 0 radical (unpaired) electrons. The van der Waals surface area contributed by atoms with Crippen molar-refractivity contribution >= 4 is 0 Å². The second-order valence-electron chi connectivity index (χ2n) is 8.84. The van der Waals surface area contributed by atoms with Crippen LogP contribution in [0, 0.1) is 0 Å². The third kappa shape index (κ3) is 9.70. The number of aromatic hydroxyl groups is 1. The Labute approximate surface area is 167 Å². The lowest BCUT2D eigenvalue weighted by atomic mass is 10.00. The molecule has 0 heterocycles. The molecule has 27 heavy (non-hydrogen) atoms. The summed E-state index contributed by atoms with van der Waals surface area (Å²) >= 11 is 0. The molecule has 0 saturated heterocycles.